The molecule has 0 radical (unpaired) electrons. The first-order chi connectivity index (χ1) is 35.9. The van der Waals surface area contributed by atoms with E-state index in [2.05, 4.69) is 0 Å². The van der Waals surface area contributed by atoms with E-state index in [0.717, 1.165) is 0 Å². The number of aliphatic hydroxyl groups excluding tert-OH is 2. The van der Waals surface area contributed by atoms with Crippen molar-refractivity contribution < 1.29 is 56.7 Å². The van der Waals surface area contributed by atoms with Gasteiger partial charge in [-0.05, 0) is 76.4 Å². The molecule has 14 nitrogen and oxygen atoms in total. The third kappa shape index (κ3) is 12.1. The van der Waals surface area contributed by atoms with Crippen LogP contribution in [-0.4, -0.2) is 109 Å². The van der Waals surface area contributed by atoms with Crippen LogP contribution in [0.2, 0.25) is 10.0 Å². The zero-order valence-corrected chi connectivity index (χ0v) is 44.9. The number of carbonyl (C=O) groups is 2. The Morgan fingerprint density at radius 2 is 1.01 bits per heavy atom. The van der Waals surface area contributed by atoms with Crippen molar-refractivity contribution in [3.8, 4) is 0 Å². The summed E-state index contributed by atoms with van der Waals surface area (Å²) >= 11 is 12.1. The monoisotopic (exact) mass is 1100 g/mol. The Hall–Kier alpha value is -6.02. The predicted octanol–water partition coefficient (Wildman–Crippen LogP) is 9.75. The summed E-state index contributed by atoms with van der Waals surface area (Å²) in [5.41, 5.74) is 0.0705. The van der Waals surface area contributed by atoms with Crippen molar-refractivity contribution in [3.05, 3.63) is 148 Å². The molecular weight excluding hydrogens is 1040 g/mol. The molecule has 0 unspecified atom stereocenters. The lowest BCUT2D eigenvalue weighted by molar-refractivity contribution is 0.0521. The number of halogens is 6. The van der Waals surface area contributed by atoms with Crippen molar-refractivity contribution in [3.63, 3.8) is 0 Å². The molecule has 0 bridgehead atoms. The highest BCUT2D eigenvalue weighted by atomic mass is 35.5. The fourth-order valence-corrected chi connectivity index (χ4v) is 10.1. The lowest BCUT2D eigenvalue weighted by Crippen LogP contribution is -2.37. The maximum atomic E-state index is 15.1. The number of esters is 1. The summed E-state index contributed by atoms with van der Waals surface area (Å²) in [5.74, 6) is -5.56. The topological polar surface area (TPSA) is 173 Å². The van der Waals surface area contributed by atoms with Crippen molar-refractivity contribution >= 4 is 68.3 Å². The van der Waals surface area contributed by atoms with E-state index in [-0.39, 0.29) is 71.5 Å². The number of fused-ring (bicyclic) bond motifs is 2. The number of benzene rings is 4. The third-order valence-corrected chi connectivity index (χ3v) is 14.5. The average molecular weight is 1100 g/mol. The molecule has 408 valence electrons. The number of hydrogen-bond acceptors (Lipinski definition) is 11. The van der Waals surface area contributed by atoms with Gasteiger partial charge in [-0.1, -0.05) is 76.9 Å². The highest BCUT2D eigenvalue weighted by molar-refractivity contribution is 6.31. The number of carboxylic acids is 1. The summed E-state index contributed by atoms with van der Waals surface area (Å²) in [6.45, 7) is 16.2. The van der Waals surface area contributed by atoms with Crippen LogP contribution >= 0.6 is 23.2 Å². The Balaban J connectivity index is 0.000000221. The number of hydrogen-bond donors (Lipinski definition) is 3. The molecule has 4 heterocycles. The van der Waals surface area contributed by atoms with Crippen LogP contribution in [0.25, 0.3) is 21.8 Å². The molecule has 2 saturated heterocycles. The number of aliphatic hydroxyl groups is 2. The molecule has 2 atom stereocenters. The summed E-state index contributed by atoms with van der Waals surface area (Å²) in [5, 5.41) is 29.1. The second-order valence-electron chi connectivity index (χ2n) is 21.0. The molecular formula is C56H62Cl2F4N4O10. The van der Waals surface area contributed by atoms with Crippen LogP contribution in [0, 0.1) is 34.1 Å². The van der Waals surface area contributed by atoms with Crippen molar-refractivity contribution in [2.75, 3.05) is 82.2 Å². The largest absolute Gasteiger partial charge is 0.477 e. The normalized spacial score (nSPS) is 15.1. The molecule has 2 aliphatic rings. The average Bonchev–Trinajstić information content (AvgIpc) is 3.43. The molecule has 20 heteroatoms. The molecule has 4 aromatic carbocycles. The van der Waals surface area contributed by atoms with Gasteiger partial charge < -0.3 is 48.5 Å². The molecule has 0 amide bonds. The number of carbonyl (C=O) groups excluding carboxylic acids is 1. The van der Waals surface area contributed by atoms with Crippen molar-refractivity contribution in [1.29, 1.82) is 0 Å². The first-order valence-electron chi connectivity index (χ1n) is 24.9. The minimum Gasteiger partial charge on any atom is -0.477 e. The highest BCUT2D eigenvalue weighted by Gasteiger charge is 2.31. The van der Waals surface area contributed by atoms with Crippen molar-refractivity contribution in [1.82, 2.24) is 9.13 Å². The number of aromatic nitrogens is 2. The number of aromatic carboxylic acids is 1. The molecule has 0 aliphatic carbocycles. The van der Waals surface area contributed by atoms with E-state index in [1.807, 2.05) is 41.5 Å². The van der Waals surface area contributed by atoms with Gasteiger partial charge in [-0.2, -0.15) is 0 Å². The zero-order chi connectivity index (χ0) is 55.6. The molecule has 3 N–H and O–H groups in total. The molecule has 2 aliphatic heterocycles. The Morgan fingerprint density at radius 3 is 1.37 bits per heavy atom. The number of morpholine rings is 2. The third-order valence-electron chi connectivity index (χ3n) is 13.8. The lowest BCUT2D eigenvalue weighted by atomic mass is 9.86. The van der Waals surface area contributed by atoms with Crippen LogP contribution in [0.3, 0.4) is 0 Å². The number of carboxylic acid groups (broad SMARTS) is 1. The van der Waals surface area contributed by atoms with E-state index >= 15 is 8.78 Å². The zero-order valence-electron chi connectivity index (χ0n) is 43.4. The second kappa shape index (κ2) is 23.7. The minimum atomic E-state index is -1.39. The second-order valence-corrected chi connectivity index (χ2v) is 21.7. The van der Waals surface area contributed by atoms with Crippen molar-refractivity contribution in [2.45, 2.75) is 73.4 Å². The Bertz CT molecular complexity index is 3290. The van der Waals surface area contributed by atoms with Gasteiger partial charge >= 0.3 is 11.9 Å². The Kier molecular flexibility index (Phi) is 18.0. The smallest absolute Gasteiger partial charge is 0.343 e. The van der Waals surface area contributed by atoms with E-state index < -0.39 is 84.6 Å². The predicted molar refractivity (Wildman–Crippen MR) is 285 cm³/mol. The Labute approximate surface area is 446 Å². The number of rotatable bonds is 13. The van der Waals surface area contributed by atoms with Crippen LogP contribution in [0.5, 0.6) is 0 Å². The molecule has 6 aromatic rings. The standard InChI is InChI=1S/C29H33ClF2N2O5.C27H29ClF2N2O5/c1-5-39-28(37)20-15-34(23(16-35)29(2,3)4)21-7-6-17(13-19(21)27(20)36)12-18-14-22(26(32)24(30)25(18)31)33-8-10-38-11-9-33;1-27(2,3)21(14-33)32-13-18(26(35)36)25(34)17-11-15(4-5-19(17)32)10-16-12-20(24(30)22(28)23(16)29)31-6-8-37-9-7-31/h6-7,13-15,23,35H,5,8-12,16H2,1-4H3;4-5,11-13,21,33H,6-10,14H2,1-3H3,(H,35,36)/t23-;21-/m11/s1. The van der Waals surface area contributed by atoms with Gasteiger partial charge in [-0.25, -0.2) is 27.2 Å². The maximum Gasteiger partial charge on any atom is 0.343 e. The summed E-state index contributed by atoms with van der Waals surface area (Å²) in [6.07, 6.45) is 2.72. The van der Waals surface area contributed by atoms with Gasteiger partial charge in [-0.3, -0.25) is 9.59 Å². The highest BCUT2D eigenvalue weighted by Crippen LogP contribution is 2.37. The molecule has 2 aromatic heterocycles. The maximum absolute atomic E-state index is 15.1. The van der Waals surface area contributed by atoms with Crippen LogP contribution in [0.4, 0.5) is 28.9 Å². The van der Waals surface area contributed by atoms with Crippen LogP contribution in [0.15, 0.2) is 70.5 Å². The van der Waals surface area contributed by atoms with Gasteiger partial charge in [0.2, 0.25) is 10.9 Å². The van der Waals surface area contributed by atoms with E-state index in [1.54, 1.807) is 56.2 Å². The summed E-state index contributed by atoms with van der Waals surface area (Å²) < 4.78 is 79.0. The van der Waals surface area contributed by atoms with Gasteiger partial charge in [0.05, 0.1) is 80.7 Å². The number of pyridine rings is 2. The molecule has 76 heavy (non-hydrogen) atoms. The van der Waals surface area contributed by atoms with E-state index in [0.29, 0.717) is 74.8 Å². The van der Waals surface area contributed by atoms with Gasteiger partial charge in [0.25, 0.3) is 0 Å². The van der Waals surface area contributed by atoms with E-state index in [1.165, 1.54) is 30.6 Å². The van der Waals surface area contributed by atoms with Gasteiger partial charge in [-0.15, -0.1) is 0 Å². The van der Waals surface area contributed by atoms with Gasteiger partial charge in [0, 0.05) is 62.2 Å². The minimum absolute atomic E-state index is 0.00144. The van der Waals surface area contributed by atoms with Crippen molar-refractivity contribution in [2.24, 2.45) is 10.8 Å². The molecule has 8 rings (SSSR count). The Morgan fingerprint density at radius 1 is 0.632 bits per heavy atom. The first-order valence-corrected chi connectivity index (χ1v) is 25.6. The number of ether oxygens (including phenoxy) is 3. The van der Waals surface area contributed by atoms with E-state index in [9.17, 15) is 43.3 Å². The van der Waals surface area contributed by atoms with E-state index in [4.69, 9.17) is 37.4 Å². The number of nitrogens with zero attached hydrogens (tertiary/aromatic N) is 4. The molecule has 0 saturated carbocycles. The summed E-state index contributed by atoms with van der Waals surface area (Å²) in [6, 6.07) is 11.8. The summed E-state index contributed by atoms with van der Waals surface area (Å²) in [4.78, 5) is 54.6. The lowest BCUT2D eigenvalue weighted by Gasteiger charge is -2.33. The van der Waals surface area contributed by atoms with Crippen LogP contribution < -0.4 is 20.7 Å². The van der Waals surface area contributed by atoms with Gasteiger partial charge in [0.15, 0.2) is 11.6 Å². The fourth-order valence-electron chi connectivity index (χ4n) is 9.65. The quantitative estimate of drug-likeness (QED) is 0.0569. The number of anilines is 2. The molecule has 2 fully saturated rings. The molecule has 0 spiro atoms. The first kappa shape index (κ1) is 57.7. The van der Waals surface area contributed by atoms with Gasteiger partial charge in [0.1, 0.15) is 32.8 Å². The van der Waals surface area contributed by atoms with Crippen LogP contribution in [-0.2, 0) is 27.1 Å². The summed E-state index contributed by atoms with van der Waals surface area (Å²) in [7, 11) is 0. The van der Waals surface area contributed by atoms with Crippen LogP contribution in [0.1, 0.15) is 104 Å². The fraction of sp³-hybridized carbons (Fsp3) is 0.429. The SMILES string of the molecule is CC(C)(C)[C@@H](CO)n1cc(C(=O)O)c(=O)c2cc(Cc3cc(N4CCOCC4)c(F)c(Cl)c3F)ccc21.CCOC(=O)c1cn([C@H](CO)C(C)(C)C)c2ccc(Cc3cc(N4CCOCC4)c(F)c(Cl)c3F)cc2c1=O.